The monoisotopic (exact) mass is 427 g/mol. The molecule has 0 atom stereocenters. The van der Waals surface area contributed by atoms with Crippen LogP contribution in [0.25, 0.3) is 33.4 Å². The van der Waals surface area contributed by atoms with Crippen LogP contribution in [-0.4, -0.2) is 49.1 Å². The van der Waals surface area contributed by atoms with Gasteiger partial charge in [0.15, 0.2) is 5.58 Å². The fourth-order valence-electron chi connectivity index (χ4n) is 4.08. The lowest BCUT2D eigenvalue weighted by atomic mass is 10.0. The Balaban J connectivity index is 1.37. The third-order valence-corrected chi connectivity index (χ3v) is 5.94. The Labute approximate surface area is 186 Å². The Morgan fingerprint density at radius 2 is 1.66 bits per heavy atom. The number of primary amides is 1. The van der Waals surface area contributed by atoms with Gasteiger partial charge in [0.2, 0.25) is 0 Å². The highest BCUT2D eigenvalue weighted by atomic mass is 16.3. The highest BCUT2D eigenvalue weighted by Gasteiger charge is 2.15. The van der Waals surface area contributed by atoms with Gasteiger partial charge in [-0.05, 0) is 48.5 Å². The fraction of sp³-hybridized carbons (Fsp3) is 0.200. The van der Waals surface area contributed by atoms with Crippen molar-refractivity contribution in [2.24, 2.45) is 5.73 Å². The smallest absolute Gasteiger partial charge is 0.316 e. The van der Waals surface area contributed by atoms with Crippen LogP contribution >= 0.6 is 0 Å². The maximum Gasteiger partial charge on any atom is 0.316 e. The van der Waals surface area contributed by atoms with E-state index in [2.05, 4.69) is 51.4 Å². The summed E-state index contributed by atoms with van der Waals surface area (Å²) in [6, 6.07) is 17.5. The molecule has 2 aromatic heterocycles. The van der Waals surface area contributed by atoms with Crippen LogP contribution in [0.3, 0.4) is 0 Å². The number of carbonyl (C=O) groups is 1. The summed E-state index contributed by atoms with van der Waals surface area (Å²) in [6.45, 7) is 4.29. The third kappa shape index (κ3) is 4.02. The Morgan fingerprint density at radius 3 is 2.34 bits per heavy atom. The van der Waals surface area contributed by atoms with Crippen LogP contribution in [0, 0.1) is 0 Å². The van der Waals surface area contributed by atoms with E-state index in [4.69, 9.17) is 10.2 Å². The van der Waals surface area contributed by atoms with Crippen molar-refractivity contribution >= 4 is 28.5 Å². The van der Waals surface area contributed by atoms with Gasteiger partial charge in [-0.25, -0.2) is 4.79 Å². The zero-order valence-corrected chi connectivity index (χ0v) is 17.9. The SMILES string of the molecule is CN1CCN(c2ccc(-c3cnc4c(-c5ccc(NC(N)=O)cc5)coc4c3)cc2)CC1. The number of hydrogen-bond acceptors (Lipinski definition) is 5. The average Bonchev–Trinajstić information content (AvgIpc) is 3.23. The van der Waals surface area contributed by atoms with Crippen LogP contribution in [0.5, 0.6) is 0 Å². The molecule has 1 aliphatic rings. The number of carbonyl (C=O) groups excluding carboxylic acids is 1. The molecular weight excluding hydrogens is 402 g/mol. The van der Waals surface area contributed by atoms with Gasteiger partial charge >= 0.3 is 6.03 Å². The molecule has 3 heterocycles. The van der Waals surface area contributed by atoms with Crippen molar-refractivity contribution in [3.05, 3.63) is 67.1 Å². The predicted molar refractivity (Wildman–Crippen MR) is 128 cm³/mol. The summed E-state index contributed by atoms with van der Waals surface area (Å²) in [5.74, 6) is 0. The summed E-state index contributed by atoms with van der Waals surface area (Å²) in [6.07, 6.45) is 3.60. The number of furan rings is 1. The zero-order chi connectivity index (χ0) is 22.1. The molecule has 7 heteroatoms. The molecule has 3 N–H and O–H groups in total. The maximum atomic E-state index is 11.0. The molecule has 0 radical (unpaired) electrons. The lowest BCUT2D eigenvalue weighted by Gasteiger charge is -2.34. The molecule has 162 valence electrons. The average molecular weight is 428 g/mol. The molecule has 2 aromatic carbocycles. The summed E-state index contributed by atoms with van der Waals surface area (Å²) in [5.41, 5.74) is 12.6. The van der Waals surface area contributed by atoms with Crippen molar-refractivity contribution < 1.29 is 9.21 Å². The van der Waals surface area contributed by atoms with Crippen molar-refractivity contribution in [1.82, 2.24) is 9.88 Å². The number of nitrogens with zero attached hydrogens (tertiary/aromatic N) is 3. The quantitative estimate of drug-likeness (QED) is 0.504. The van der Waals surface area contributed by atoms with E-state index in [1.807, 2.05) is 24.4 Å². The number of fused-ring (bicyclic) bond motifs is 1. The van der Waals surface area contributed by atoms with Gasteiger partial charge in [-0.3, -0.25) is 4.98 Å². The lowest BCUT2D eigenvalue weighted by Crippen LogP contribution is -2.44. The molecule has 0 spiro atoms. The minimum atomic E-state index is -0.586. The molecule has 7 nitrogen and oxygen atoms in total. The molecule has 1 fully saturated rings. The Morgan fingerprint density at radius 1 is 0.969 bits per heavy atom. The van der Waals surface area contributed by atoms with Crippen LogP contribution in [0.2, 0.25) is 0 Å². The highest BCUT2D eigenvalue weighted by Crippen LogP contribution is 2.32. The van der Waals surface area contributed by atoms with E-state index in [0.29, 0.717) is 5.69 Å². The number of urea groups is 1. The standard InChI is InChI=1S/C25H25N5O2/c1-29-10-12-30(13-11-29)21-8-4-17(5-9-21)19-14-23-24(27-15-19)22(16-32-23)18-2-6-20(7-3-18)28-25(26)31/h2-9,14-16H,10-13H2,1H3,(H3,26,28,31). The Bertz CT molecular complexity index is 1240. The van der Waals surface area contributed by atoms with Crippen LogP contribution in [0.15, 0.2) is 71.5 Å². The molecule has 1 saturated heterocycles. The maximum absolute atomic E-state index is 11.0. The molecule has 0 bridgehead atoms. The normalized spacial score (nSPS) is 14.6. The number of anilines is 2. The van der Waals surface area contributed by atoms with Gasteiger partial charge in [0.1, 0.15) is 11.8 Å². The first-order chi connectivity index (χ1) is 15.6. The number of nitrogens with two attached hydrogens (primary N) is 1. The van der Waals surface area contributed by atoms with Gasteiger partial charge < -0.3 is 25.3 Å². The number of likely N-dealkylation sites (N-methyl/N-ethyl adjacent to an activating group) is 1. The number of rotatable bonds is 4. The minimum Gasteiger partial charge on any atom is -0.462 e. The van der Waals surface area contributed by atoms with E-state index in [1.165, 1.54) is 5.69 Å². The Kier molecular flexibility index (Phi) is 5.25. The summed E-state index contributed by atoms with van der Waals surface area (Å²) < 4.78 is 5.82. The Hall–Kier alpha value is -3.84. The molecule has 5 rings (SSSR count). The summed E-state index contributed by atoms with van der Waals surface area (Å²) in [5, 5.41) is 2.56. The molecule has 1 aliphatic heterocycles. The van der Waals surface area contributed by atoms with Gasteiger partial charge in [-0.1, -0.05) is 24.3 Å². The van der Waals surface area contributed by atoms with E-state index < -0.39 is 6.03 Å². The summed E-state index contributed by atoms with van der Waals surface area (Å²) >= 11 is 0. The van der Waals surface area contributed by atoms with Crippen LogP contribution in [0.1, 0.15) is 0 Å². The van der Waals surface area contributed by atoms with E-state index >= 15 is 0 Å². The second kappa shape index (κ2) is 8.36. The van der Waals surface area contributed by atoms with Gasteiger partial charge in [0.05, 0.1) is 0 Å². The van der Waals surface area contributed by atoms with E-state index in [0.717, 1.165) is 59.5 Å². The molecule has 2 amide bonds. The number of benzene rings is 2. The number of nitrogens with one attached hydrogen (secondary N) is 1. The predicted octanol–water partition coefficient (Wildman–Crippen LogP) is 4.40. The minimum absolute atomic E-state index is 0.586. The van der Waals surface area contributed by atoms with Gasteiger partial charge in [-0.2, -0.15) is 0 Å². The van der Waals surface area contributed by atoms with E-state index in [-0.39, 0.29) is 0 Å². The number of aromatic nitrogens is 1. The van der Waals surface area contributed by atoms with Crippen molar-refractivity contribution in [2.45, 2.75) is 0 Å². The van der Waals surface area contributed by atoms with E-state index in [9.17, 15) is 4.79 Å². The van der Waals surface area contributed by atoms with Crippen molar-refractivity contribution in [3.8, 4) is 22.3 Å². The largest absolute Gasteiger partial charge is 0.462 e. The molecule has 0 aliphatic carbocycles. The van der Waals surface area contributed by atoms with Crippen LogP contribution in [-0.2, 0) is 0 Å². The van der Waals surface area contributed by atoms with Crippen LogP contribution in [0.4, 0.5) is 16.2 Å². The van der Waals surface area contributed by atoms with Crippen molar-refractivity contribution in [2.75, 3.05) is 43.4 Å². The fourth-order valence-corrected chi connectivity index (χ4v) is 4.08. The van der Waals surface area contributed by atoms with Crippen molar-refractivity contribution in [3.63, 3.8) is 0 Å². The highest BCUT2D eigenvalue weighted by molar-refractivity contribution is 5.93. The first-order valence-corrected chi connectivity index (χ1v) is 10.6. The van der Waals surface area contributed by atoms with Gasteiger partial charge in [0, 0.05) is 54.9 Å². The number of amides is 2. The van der Waals surface area contributed by atoms with Crippen LogP contribution < -0.4 is 16.0 Å². The molecule has 32 heavy (non-hydrogen) atoms. The molecule has 4 aromatic rings. The van der Waals surface area contributed by atoms with Gasteiger partial charge in [-0.15, -0.1) is 0 Å². The first-order valence-electron chi connectivity index (χ1n) is 10.6. The number of hydrogen-bond donors (Lipinski definition) is 2. The second-order valence-corrected chi connectivity index (χ2v) is 8.12. The lowest BCUT2D eigenvalue weighted by molar-refractivity contribution is 0.259. The zero-order valence-electron chi connectivity index (χ0n) is 17.9. The third-order valence-electron chi connectivity index (χ3n) is 5.94. The number of pyridine rings is 1. The first kappa shape index (κ1) is 20.1. The second-order valence-electron chi connectivity index (χ2n) is 8.12. The molecule has 0 unspecified atom stereocenters. The number of piperazine rings is 1. The molecule has 0 saturated carbocycles. The van der Waals surface area contributed by atoms with Crippen molar-refractivity contribution in [1.29, 1.82) is 0 Å². The summed E-state index contributed by atoms with van der Waals surface area (Å²) in [7, 11) is 2.17. The summed E-state index contributed by atoms with van der Waals surface area (Å²) in [4.78, 5) is 20.5. The molecular formula is C25H25N5O2. The topological polar surface area (TPSA) is 87.6 Å². The van der Waals surface area contributed by atoms with E-state index in [1.54, 1.807) is 18.4 Å². The van der Waals surface area contributed by atoms with Gasteiger partial charge in [0.25, 0.3) is 0 Å².